The average molecular weight is 282 g/mol. The van der Waals surface area contributed by atoms with Crippen LogP contribution in [0.25, 0.3) is 10.8 Å². The summed E-state index contributed by atoms with van der Waals surface area (Å²) in [5, 5.41) is 2.54. The number of rotatable bonds is 2. The van der Waals surface area contributed by atoms with E-state index in [0.717, 1.165) is 38.0 Å². The summed E-state index contributed by atoms with van der Waals surface area (Å²) >= 11 is 0. The van der Waals surface area contributed by atoms with Gasteiger partial charge in [0.05, 0.1) is 0 Å². The van der Waals surface area contributed by atoms with Crippen molar-refractivity contribution >= 4 is 16.6 Å². The van der Waals surface area contributed by atoms with Gasteiger partial charge in [0, 0.05) is 49.8 Å². The first-order valence-corrected chi connectivity index (χ1v) is 7.89. The molecule has 4 rings (SSSR count). The molecule has 2 aliphatic rings. The van der Waals surface area contributed by atoms with E-state index in [9.17, 15) is 0 Å². The van der Waals surface area contributed by atoms with Gasteiger partial charge in [-0.15, -0.1) is 0 Å². The Kier molecular flexibility index (Phi) is 3.28. The van der Waals surface area contributed by atoms with E-state index in [2.05, 4.69) is 45.1 Å². The highest BCUT2D eigenvalue weighted by atomic mass is 15.3. The fourth-order valence-corrected chi connectivity index (χ4v) is 3.58. The molecule has 0 spiro atoms. The number of hydrogen-bond acceptors (Lipinski definition) is 4. The van der Waals surface area contributed by atoms with E-state index in [1.54, 1.807) is 0 Å². The standard InChI is InChI=1S/C17H22N4/c18-14-11-15(12-14)20-7-9-21(10-8-20)17-16-4-2-1-3-13(16)5-6-19-17/h1-6,14-15H,7-12,18H2. The number of pyridine rings is 1. The number of nitrogens with two attached hydrogens (primary N) is 1. The first-order chi connectivity index (χ1) is 10.3. The molecule has 1 aliphatic heterocycles. The van der Waals surface area contributed by atoms with Gasteiger partial charge in [-0.2, -0.15) is 0 Å². The summed E-state index contributed by atoms with van der Waals surface area (Å²) < 4.78 is 0. The summed E-state index contributed by atoms with van der Waals surface area (Å²) in [5.41, 5.74) is 5.91. The highest BCUT2D eigenvalue weighted by molar-refractivity contribution is 5.92. The van der Waals surface area contributed by atoms with E-state index in [-0.39, 0.29) is 0 Å². The van der Waals surface area contributed by atoms with Crippen LogP contribution in [0, 0.1) is 0 Å². The van der Waals surface area contributed by atoms with Gasteiger partial charge in [0.15, 0.2) is 0 Å². The Hall–Kier alpha value is -1.65. The number of anilines is 1. The fraction of sp³-hybridized carbons (Fsp3) is 0.471. The molecular formula is C17H22N4. The van der Waals surface area contributed by atoms with Crippen molar-refractivity contribution in [2.45, 2.75) is 24.9 Å². The fourth-order valence-electron chi connectivity index (χ4n) is 3.58. The zero-order valence-electron chi connectivity index (χ0n) is 12.3. The molecule has 21 heavy (non-hydrogen) atoms. The molecule has 4 heteroatoms. The van der Waals surface area contributed by atoms with Crippen molar-refractivity contribution in [2.75, 3.05) is 31.1 Å². The maximum atomic E-state index is 5.91. The highest BCUT2D eigenvalue weighted by Crippen LogP contribution is 2.28. The normalized spacial score (nSPS) is 26.8. The van der Waals surface area contributed by atoms with Crippen LogP contribution in [0.4, 0.5) is 5.82 Å². The summed E-state index contributed by atoms with van der Waals surface area (Å²) in [6, 6.07) is 11.8. The van der Waals surface area contributed by atoms with Gasteiger partial charge >= 0.3 is 0 Å². The van der Waals surface area contributed by atoms with Gasteiger partial charge in [-0.3, -0.25) is 4.90 Å². The second kappa shape index (κ2) is 5.28. The molecule has 2 N–H and O–H groups in total. The quantitative estimate of drug-likeness (QED) is 0.913. The number of hydrogen-bond donors (Lipinski definition) is 1. The minimum Gasteiger partial charge on any atom is -0.354 e. The Morgan fingerprint density at radius 3 is 2.52 bits per heavy atom. The number of benzene rings is 1. The summed E-state index contributed by atoms with van der Waals surface area (Å²) in [4.78, 5) is 9.66. The topological polar surface area (TPSA) is 45.4 Å². The molecule has 1 saturated heterocycles. The Balaban J connectivity index is 1.50. The van der Waals surface area contributed by atoms with Crippen LogP contribution in [0.1, 0.15) is 12.8 Å². The SMILES string of the molecule is NC1CC(N2CCN(c3nccc4ccccc34)CC2)C1. The molecule has 0 radical (unpaired) electrons. The first kappa shape index (κ1) is 13.0. The lowest BCUT2D eigenvalue weighted by atomic mass is 9.86. The molecule has 2 heterocycles. The predicted octanol–water partition coefficient (Wildman–Crippen LogP) is 1.85. The Labute approximate surface area is 125 Å². The summed E-state index contributed by atoms with van der Waals surface area (Å²) in [6.07, 6.45) is 4.27. The highest BCUT2D eigenvalue weighted by Gasteiger charge is 2.33. The van der Waals surface area contributed by atoms with Crippen molar-refractivity contribution in [1.82, 2.24) is 9.88 Å². The second-order valence-electron chi connectivity index (χ2n) is 6.26. The van der Waals surface area contributed by atoms with Crippen molar-refractivity contribution in [2.24, 2.45) is 5.73 Å². The van der Waals surface area contributed by atoms with Gasteiger partial charge < -0.3 is 10.6 Å². The maximum Gasteiger partial charge on any atom is 0.136 e. The van der Waals surface area contributed by atoms with Crippen LogP contribution in [0.5, 0.6) is 0 Å². The Morgan fingerprint density at radius 2 is 1.76 bits per heavy atom. The van der Waals surface area contributed by atoms with Crippen LogP contribution < -0.4 is 10.6 Å². The number of nitrogens with zero attached hydrogens (tertiary/aromatic N) is 3. The Bertz CT molecular complexity index is 622. The third-order valence-corrected chi connectivity index (χ3v) is 4.93. The largest absolute Gasteiger partial charge is 0.354 e. The van der Waals surface area contributed by atoms with Crippen LogP contribution in [-0.2, 0) is 0 Å². The lowest BCUT2D eigenvalue weighted by Gasteiger charge is -2.45. The van der Waals surface area contributed by atoms with Gasteiger partial charge in [-0.05, 0) is 24.3 Å². The van der Waals surface area contributed by atoms with E-state index < -0.39 is 0 Å². The smallest absolute Gasteiger partial charge is 0.136 e. The van der Waals surface area contributed by atoms with E-state index in [1.807, 2.05) is 6.20 Å². The minimum absolute atomic E-state index is 0.438. The van der Waals surface area contributed by atoms with Crippen LogP contribution in [0.3, 0.4) is 0 Å². The lowest BCUT2D eigenvalue weighted by Crippen LogP contribution is -2.57. The molecule has 1 saturated carbocycles. The van der Waals surface area contributed by atoms with Gasteiger partial charge in [-0.25, -0.2) is 4.98 Å². The molecule has 0 bridgehead atoms. The second-order valence-corrected chi connectivity index (χ2v) is 6.26. The minimum atomic E-state index is 0.438. The zero-order valence-corrected chi connectivity index (χ0v) is 12.3. The van der Waals surface area contributed by atoms with E-state index >= 15 is 0 Å². The van der Waals surface area contributed by atoms with Crippen molar-refractivity contribution in [3.63, 3.8) is 0 Å². The van der Waals surface area contributed by atoms with Crippen LogP contribution in [0.15, 0.2) is 36.5 Å². The van der Waals surface area contributed by atoms with Crippen molar-refractivity contribution in [1.29, 1.82) is 0 Å². The molecule has 2 aromatic rings. The predicted molar refractivity (Wildman–Crippen MR) is 86.5 cm³/mol. The van der Waals surface area contributed by atoms with Crippen molar-refractivity contribution in [3.05, 3.63) is 36.5 Å². The number of fused-ring (bicyclic) bond motifs is 1. The third kappa shape index (κ3) is 2.39. The van der Waals surface area contributed by atoms with Gasteiger partial charge in [0.25, 0.3) is 0 Å². The lowest BCUT2D eigenvalue weighted by molar-refractivity contribution is 0.104. The summed E-state index contributed by atoms with van der Waals surface area (Å²) in [6.45, 7) is 4.38. The molecule has 1 aromatic carbocycles. The zero-order chi connectivity index (χ0) is 14.2. The summed E-state index contributed by atoms with van der Waals surface area (Å²) in [7, 11) is 0. The molecule has 2 fully saturated rings. The molecule has 1 aromatic heterocycles. The van der Waals surface area contributed by atoms with Gasteiger partial charge in [0.2, 0.25) is 0 Å². The van der Waals surface area contributed by atoms with Crippen LogP contribution >= 0.6 is 0 Å². The Morgan fingerprint density at radius 1 is 1.00 bits per heavy atom. The molecule has 1 aliphatic carbocycles. The molecule has 0 amide bonds. The molecule has 0 unspecified atom stereocenters. The molecular weight excluding hydrogens is 260 g/mol. The van der Waals surface area contributed by atoms with E-state index in [4.69, 9.17) is 5.73 Å². The average Bonchev–Trinajstić information content (AvgIpc) is 2.52. The molecule has 4 nitrogen and oxygen atoms in total. The molecule has 0 atom stereocenters. The van der Waals surface area contributed by atoms with Crippen LogP contribution in [-0.4, -0.2) is 48.1 Å². The number of piperazine rings is 1. The van der Waals surface area contributed by atoms with Gasteiger partial charge in [0.1, 0.15) is 5.82 Å². The van der Waals surface area contributed by atoms with Gasteiger partial charge in [-0.1, -0.05) is 24.3 Å². The monoisotopic (exact) mass is 282 g/mol. The maximum absolute atomic E-state index is 5.91. The molecule has 110 valence electrons. The van der Waals surface area contributed by atoms with E-state index in [1.165, 1.54) is 23.6 Å². The third-order valence-electron chi connectivity index (χ3n) is 4.93. The van der Waals surface area contributed by atoms with E-state index in [0.29, 0.717) is 6.04 Å². The van der Waals surface area contributed by atoms with Crippen molar-refractivity contribution in [3.8, 4) is 0 Å². The van der Waals surface area contributed by atoms with Crippen molar-refractivity contribution < 1.29 is 0 Å². The first-order valence-electron chi connectivity index (χ1n) is 7.89. The number of aromatic nitrogens is 1. The summed E-state index contributed by atoms with van der Waals surface area (Å²) in [5.74, 6) is 1.14. The van der Waals surface area contributed by atoms with Crippen LogP contribution in [0.2, 0.25) is 0 Å².